The molecule has 0 bridgehead atoms. The molecule has 0 aliphatic carbocycles. The van der Waals surface area contributed by atoms with Crippen molar-refractivity contribution in [2.24, 2.45) is 7.05 Å². The number of nitrogens with zero attached hydrogens (tertiary/aromatic N) is 3. The maximum absolute atomic E-state index is 13.0. The molecule has 0 saturated heterocycles. The molecule has 7 heteroatoms. The van der Waals surface area contributed by atoms with Crippen molar-refractivity contribution in [2.75, 3.05) is 0 Å². The van der Waals surface area contributed by atoms with Gasteiger partial charge in [-0.15, -0.1) is 5.10 Å². The maximum Gasteiger partial charge on any atom is 0.374 e. The minimum atomic E-state index is -1.32. The highest BCUT2D eigenvalue weighted by atomic mass is 19.1. The summed E-state index contributed by atoms with van der Waals surface area (Å²) < 4.78 is 14.7. The molecule has 88 valence electrons. The van der Waals surface area contributed by atoms with Gasteiger partial charge in [0.15, 0.2) is 0 Å². The van der Waals surface area contributed by atoms with Gasteiger partial charge in [-0.25, -0.2) is 14.0 Å². The van der Waals surface area contributed by atoms with Gasteiger partial charge in [0.2, 0.25) is 5.82 Å². The molecular formula is C10H8FN3O3. The Morgan fingerprint density at radius 3 is 2.71 bits per heavy atom. The van der Waals surface area contributed by atoms with E-state index in [4.69, 9.17) is 5.11 Å². The fourth-order valence-electron chi connectivity index (χ4n) is 1.40. The highest BCUT2D eigenvalue weighted by Gasteiger charge is 2.17. The average molecular weight is 237 g/mol. The largest absolute Gasteiger partial charge is 0.475 e. The highest BCUT2D eigenvalue weighted by Crippen LogP contribution is 2.06. The first-order chi connectivity index (χ1) is 8.00. The zero-order valence-corrected chi connectivity index (χ0v) is 8.79. The third kappa shape index (κ3) is 1.82. The lowest BCUT2D eigenvalue weighted by Gasteiger charge is -1.97. The van der Waals surface area contributed by atoms with E-state index in [1.54, 1.807) is 0 Å². The van der Waals surface area contributed by atoms with E-state index in [2.05, 4.69) is 5.10 Å². The van der Waals surface area contributed by atoms with Gasteiger partial charge >= 0.3 is 11.7 Å². The number of hydrogen-bond donors (Lipinski definition) is 1. The van der Waals surface area contributed by atoms with Crippen molar-refractivity contribution in [3.05, 3.63) is 46.4 Å². The molecule has 6 nitrogen and oxygen atoms in total. The Balaban J connectivity index is 2.65. The topological polar surface area (TPSA) is 77.1 Å². The summed E-state index contributed by atoms with van der Waals surface area (Å²) in [4.78, 5) is 22.5. The Bertz CT molecular complexity index is 644. The molecule has 2 aromatic rings. The molecule has 0 spiro atoms. The second kappa shape index (κ2) is 3.85. The summed E-state index contributed by atoms with van der Waals surface area (Å²) in [5, 5.41) is 12.4. The number of aromatic nitrogens is 3. The van der Waals surface area contributed by atoms with Gasteiger partial charge in [0.1, 0.15) is 5.82 Å². The van der Waals surface area contributed by atoms with Gasteiger partial charge in [0.25, 0.3) is 0 Å². The summed E-state index contributed by atoms with van der Waals surface area (Å²) in [6.07, 6.45) is 0. The minimum Gasteiger partial charge on any atom is -0.475 e. The van der Waals surface area contributed by atoms with Crippen molar-refractivity contribution in [2.45, 2.75) is 0 Å². The van der Waals surface area contributed by atoms with E-state index < -0.39 is 23.3 Å². The Hall–Kier alpha value is -2.44. The third-order valence-electron chi connectivity index (χ3n) is 2.22. The van der Waals surface area contributed by atoms with Crippen LogP contribution in [0.5, 0.6) is 0 Å². The molecule has 0 unspecified atom stereocenters. The first-order valence-corrected chi connectivity index (χ1v) is 4.66. The Labute approximate surface area is 94.5 Å². The highest BCUT2D eigenvalue weighted by molar-refractivity contribution is 5.83. The second-order valence-electron chi connectivity index (χ2n) is 3.36. The summed E-state index contributed by atoms with van der Waals surface area (Å²) in [7, 11) is 1.29. The van der Waals surface area contributed by atoms with Crippen molar-refractivity contribution in [3.8, 4) is 5.69 Å². The van der Waals surface area contributed by atoms with Gasteiger partial charge in [-0.1, -0.05) is 6.07 Å². The fourth-order valence-corrected chi connectivity index (χ4v) is 1.40. The molecule has 0 radical (unpaired) electrons. The fraction of sp³-hybridized carbons (Fsp3) is 0.100. The monoisotopic (exact) mass is 237 g/mol. The van der Waals surface area contributed by atoms with Gasteiger partial charge in [-0.2, -0.15) is 4.68 Å². The number of aromatic carboxylic acids is 1. The summed E-state index contributed by atoms with van der Waals surface area (Å²) in [5.41, 5.74) is -0.467. The molecule has 1 heterocycles. The van der Waals surface area contributed by atoms with E-state index in [0.717, 1.165) is 15.3 Å². The summed E-state index contributed by atoms with van der Waals surface area (Å²) in [6.45, 7) is 0. The smallest absolute Gasteiger partial charge is 0.374 e. The van der Waals surface area contributed by atoms with Gasteiger partial charge in [-0.05, 0) is 18.2 Å². The molecule has 0 aliphatic heterocycles. The molecule has 17 heavy (non-hydrogen) atoms. The summed E-state index contributed by atoms with van der Waals surface area (Å²) in [5.74, 6) is -2.25. The Morgan fingerprint density at radius 1 is 1.47 bits per heavy atom. The van der Waals surface area contributed by atoms with E-state index in [1.165, 1.54) is 25.2 Å². The Kier molecular flexibility index (Phi) is 2.51. The SMILES string of the molecule is Cn1c(C(=O)O)nn(-c2cccc(F)c2)c1=O. The molecule has 0 aliphatic rings. The number of carboxylic acids is 1. The number of carboxylic acid groups (broad SMARTS) is 1. The molecule has 0 saturated carbocycles. The number of hydrogen-bond acceptors (Lipinski definition) is 3. The van der Waals surface area contributed by atoms with Crippen LogP contribution >= 0.6 is 0 Å². The molecule has 0 amide bonds. The molecule has 0 atom stereocenters. The number of rotatable bonds is 2. The van der Waals surface area contributed by atoms with Crippen molar-refractivity contribution >= 4 is 5.97 Å². The van der Waals surface area contributed by atoms with E-state index in [-0.39, 0.29) is 5.69 Å². The van der Waals surface area contributed by atoms with Crippen molar-refractivity contribution in [1.29, 1.82) is 0 Å². The predicted octanol–water partition coefficient (Wildman–Crippen LogP) is 0.408. The maximum atomic E-state index is 13.0. The van der Waals surface area contributed by atoms with Crippen LogP contribution in [0.15, 0.2) is 29.1 Å². The van der Waals surface area contributed by atoms with Gasteiger partial charge in [0.05, 0.1) is 5.69 Å². The van der Waals surface area contributed by atoms with E-state index in [1.807, 2.05) is 0 Å². The molecule has 0 fully saturated rings. The lowest BCUT2D eigenvalue weighted by molar-refractivity contribution is 0.0678. The molecule has 1 aromatic heterocycles. The van der Waals surface area contributed by atoms with E-state index in [9.17, 15) is 14.0 Å². The van der Waals surface area contributed by atoms with Gasteiger partial charge < -0.3 is 5.11 Å². The molecule has 1 N–H and O–H groups in total. The van der Waals surface area contributed by atoms with Crippen LogP contribution in [-0.4, -0.2) is 25.4 Å². The standard InChI is InChI=1S/C10H8FN3O3/c1-13-8(9(15)16)12-14(10(13)17)7-4-2-3-6(11)5-7/h2-5H,1H3,(H,15,16). The summed E-state index contributed by atoms with van der Waals surface area (Å²) >= 11 is 0. The second-order valence-corrected chi connectivity index (χ2v) is 3.36. The third-order valence-corrected chi connectivity index (χ3v) is 2.22. The van der Waals surface area contributed by atoms with E-state index in [0.29, 0.717) is 0 Å². The molecule has 2 rings (SSSR count). The van der Waals surface area contributed by atoms with Gasteiger partial charge in [0, 0.05) is 7.05 Å². The van der Waals surface area contributed by atoms with Crippen LogP contribution < -0.4 is 5.69 Å². The number of carbonyl (C=O) groups is 1. The predicted molar refractivity (Wildman–Crippen MR) is 55.7 cm³/mol. The van der Waals surface area contributed by atoms with Crippen molar-refractivity contribution in [3.63, 3.8) is 0 Å². The van der Waals surface area contributed by atoms with Crippen LogP contribution in [0.1, 0.15) is 10.6 Å². The molecule has 1 aromatic carbocycles. The van der Waals surface area contributed by atoms with Crippen molar-refractivity contribution in [1.82, 2.24) is 14.3 Å². The van der Waals surface area contributed by atoms with Crippen LogP contribution in [0.3, 0.4) is 0 Å². The lowest BCUT2D eigenvalue weighted by atomic mass is 10.3. The van der Waals surface area contributed by atoms with Crippen LogP contribution in [0, 0.1) is 5.82 Å². The number of benzene rings is 1. The Morgan fingerprint density at radius 2 is 2.18 bits per heavy atom. The average Bonchev–Trinajstić information content (AvgIpc) is 2.56. The summed E-state index contributed by atoms with van der Waals surface area (Å²) in [6, 6.07) is 5.19. The lowest BCUT2D eigenvalue weighted by Crippen LogP contribution is -2.22. The van der Waals surface area contributed by atoms with Gasteiger partial charge in [-0.3, -0.25) is 4.57 Å². The normalized spacial score (nSPS) is 10.5. The quantitative estimate of drug-likeness (QED) is 0.820. The van der Waals surface area contributed by atoms with Crippen molar-refractivity contribution < 1.29 is 14.3 Å². The minimum absolute atomic E-state index is 0.179. The first kappa shape index (κ1) is 11.1. The number of halogens is 1. The van der Waals surface area contributed by atoms with Crippen LogP contribution in [0.2, 0.25) is 0 Å². The van der Waals surface area contributed by atoms with Crippen LogP contribution in [0.4, 0.5) is 4.39 Å². The van der Waals surface area contributed by atoms with Crippen LogP contribution in [-0.2, 0) is 7.05 Å². The molecular weight excluding hydrogens is 229 g/mol. The zero-order valence-electron chi connectivity index (χ0n) is 8.79. The van der Waals surface area contributed by atoms with E-state index >= 15 is 0 Å². The first-order valence-electron chi connectivity index (χ1n) is 4.66. The zero-order chi connectivity index (χ0) is 12.6. The van der Waals surface area contributed by atoms with Crippen LogP contribution in [0.25, 0.3) is 5.69 Å².